The van der Waals surface area contributed by atoms with E-state index in [1.165, 1.54) is 4.68 Å². The topological polar surface area (TPSA) is 50.2 Å². The van der Waals surface area contributed by atoms with E-state index in [9.17, 15) is 13.6 Å². The Morgan fingerprint density at radius 3 is 2.55 bits per heavy atom. The first-order valence-corrected chi connectivity index (χ1v) is 8.19. The maximum Gasteiger partial charge on any atom is 0.283 e. The molecule has 1 heterocycles. The van der Waals surface area contributed by atoms with Crippen molar-refractivity contribution in [1.29, 1.82) is 0 Å². The molecule has 0 aromatic carbocycles. The summed E-state index contributed by atoms with van der Waals surface area (Å²) in [6.07, 6.45) is -1.80. The zero-order valence-electron chi connectivity index (χ0n) is 13.2. The molecule has 0 aliphatic carbocycles. The molecule has 1 amide bonds. The SMILES string of the molecule is CCN(CC)CCCNC(=O)Cn1nc(C(F)F)c(Br)c1C. The van der Waals surface area contributed by atoms with Gasteiger partial charge in [-0.05, 0) is 48.9 Å². The van der Waals surface area contributed by atoms with Gasteiger partial charge in [0.2, 0.25) is 5.91 Å². The van der Waals surface area contributed by atoms with E-state index in [0.717, 1.165) is 26.1 Å². The fraction of sp³-hybridized carbons (Fsp3) is 0.714. The van der Waals surface area contributed by atoms with Crippen LogP contribution in [0.2, 0.25) is 0 Å². The predicted molar refractivity (Wildman–Crippen MR) is 85.0 cm³/mol. The van der Waals surface area contributed by atoms with Crippen LogP contribution in [0.25, 0.3) is 0 Å². The number of carbonyl (C=O) groups excluding carboxylic acids is 1. The van der Waals surface area contributed by atoms with Crippen LogP contribution < -0.4 is 5.32 Å². The molecule has 8 heteroatoms. The smallest absolute Gasteiger partial charge is 0.283 e. The fourth-order valence-corrected chi connectivity index (χ4v) is 2.56. The van der Waals surface area contributed by atoms with Crippen molar-refractivity contribution in [2.24, 2.45) is 0 Å². The summed E-state index contributed by atoms with van der Waals surface area (Å²) in [5.74, 6) is -0.224. The van der Waals surface area contributed by atoms with Gasteiger partial charge in [0.25, 0.3) is 6.43 Å². The number of hydrogen-bond donors (Lipinski definition) is 1. The summed E-state index contributed by atoms with van der Waals surface area (Å²) in [5, 5.41) is 6.57. The lowest BCUT2D eigenvalue weighted by Gasteiger charge is -2.17. The Morgan fingerprint density at radius 1 is 1.41 bits per heavy atom. The molecule has 126 valence electrons. The number of nitrogens with zero attached hydrogens (tertiary/aromatic N) is 3. The molecule has 1 aromatic rings. The summed E-state index contributed by atoms with van der Waals surface area (Å²) >= 11 is 3.09. The van der Waals surface area contributed by atoms with Gasteiger partial charge in [-0.15, -0.1) is 0 Å². The lowest BCUT2D eigenvalue weighted by molar-refractivity contribution is -0.121. The van der Waals surface area contributed by atoms with Crippen LogP contribution in [0.3, 0.4) is 0 Å². The Balaban J connectivity index is 2.44. The lowest BCUT2D eigenvalue weighted by Crippen LogP contribution is -2.32. The molecular formula is C14H23BrF2N4O. The Kier molecular flexibility index (Phi) is 7.95. The minimum atomic E-state index is -2.66. The largest absolute Gasteiger partial charge is 0.354 e. The highest BCUT2D eigenvalue weighted by Gasteiger charge is 2.21. The molecule has 0 fully saturated rings. The van der Waals surface area contributed by atoms with Gasteiger partial charge in [-0.2, -0.15) is 5.10 Å². The summed E-state index contributed by atoms with van der Waals surface area (Å²) in [6.45, 7) is 9.26. The lowest BCUT2D eigenvalue weighted by atomic mass is 10.3. The van der Waals surface area contributed by atoms with Gasteiger partial charge in [-0.1, -0.05) is 13.8 Å². The third-order valence-corrected chi connectivity index (χ3v) is 4.51. The van der Waals surface area contributed by atoms with Gasteiger partial charge >= 0.3 is 0 Å². The maximum absolute atomic E-state index is 12.7. The number of halogens is 3. The number of carbonyl (C=O) groups is 1. The van der Waals surface area contributed by atoms with E-state index in [2.05, 4.69) is 45.1 Å². The molecule has 0 radical (unpaired) electrons. The molecule has 1 rings (SSSR count). The average Bonchev–Trinajstić information content (AvgIpc) is 2.76. The van der Waals surface area contributed by atoms with E-state index < -0.39 is 6.43 Å². The van der Waals surface area contributed by atoms with Gasteiger partial charge < -0.3 is 10.2 Å². The third-order valence-electron chi connectivity index (χ3n) is 3.53. The molecule has 0 aliphatic rings. The zero-order valence-corrected chi connectivity index (χ0v) is 14.8. The van der Waals surface area contributed by atoms with Crippen molar-refractivity contribution in [3.05, 3.63) is 15.9 Å². The molecule has 5 nitrogen and oxygen atoms in total. The van der Waals surface area contributed by atoms with E-state index in [1.54, 1.807) is 6.92 Å². The van der Waals surface area contributed by atoms with Crippen molar-refractivity contribution in [1.82, 2.24) is 20.0 Å². The molecule has 1 N–H and O–H groups in total. The molecule has 0 saturated carbocycles. The Bertz CT molecular complexity index is 489. The Morgan fingerprint density at radius 2 is 2.05 bits per heavy atom. The van der Waals surface area contributed by atoms with Crippen LogP contribution >= 0.6 is 15.9 Å². The second kappa shape index (κ2) is 9.19. The molecule has 0 atom stereocenters. The van der Waals surface area contributed by atoms with Crippen LogP contribution in [0, 0.1) is 6.92 Å². The molecule has 1 aromatic heterocycles. The van der Waals surface area contributed by atoms with Crippen molar-refractivity contribution in [2.45, 2.75) is 40.2 Å². The van der Waals surface area contributed by atoms with Crippen LogP contribution in [0.15, 0.2) is 4.47 Å². The van der Waals surface area contributed by atoms with Crippen LogP contribution in [-0.2, 0) is 11.3 Å². The number of nitrogens with one attached hydrogen (secondary N) is 1. The Labute approximate surface area is 138 Å². The summed E-state index contributed by atoms with van der Waals surface area (Å²) in [6, 6.07) is 0. The van der Waals surface area contributed by atoms with Crippen molar-refractivity contribution in [2.75, 3.05) is 26.2 Å². The number of amides is 1. The summed E-state index contributed by atoms with van der Waals surface area (Å²) in [7, 11) is 0. The second-order valence-electron chi connectivity index (χ2n) is 4.97. The molecule has 0 bridgehead atoms. The molecule has 0 spiro atoms. The van der Waals surface area contributed by atoms with Crippen molar-refractivity contribution >= 4 is 21.8 Å². The summed E-state index contributed by atoms with van der Waals surface area (Å²) in [4.78, 5) is 14.1. The van der Waals surface area contributed by atoms with Gasteiger partial charge in [0.15, 0.2) is 0 Å². The highest BCUT2D eigenvalue weighted by molar-refractivity contribution is 9.10. The second-order valence-corrected chi connectivity index (χ2v) is 5.77. The maximum atomic E-state index is 12.7. The minimum absolute atomic E-state index is 0.0532. The number of aromatic nitrogens is 2. The Hall–Kier alpha value is -1.02. The molecule has 22 heavy (non-hydrogen) atoms. The summed E-state index contributed by atoms with van der Waals surface area (Å²) < 4.78 is 27.0. The quantitative estimate of drug-likeness (QED) is 0.670. The number of hydrogen-bond acceptors (Lipinski definition) is 3. The van der Waals surface area contributed by atoms with Gasteiger partial charge in [0, 0.05) is 6.54 Å². The van der Waals surface area contributed by atoms with E-state index >= 15 is 0 Å². The van der Waals surface area contributed by atoms with Crippen LogP contribution in [0.4, 0.5) is 8.78 Å². The predicted octanol–water partition coefficient (Wildman–Crippen LogP) is 2.74. The van der Waals surface area contributed by atoms with E-state index in [1.807, 2.05) is 0 Å². The molecular weight excluding hydrogens is 358 g/mol. The number of rotatable bonds is 9. The highest BCUT2D eigenvalue weighted by atomic mass is 79.9. The van der Waals surface area contributed by atoms with Crippen LogP contribution in [0.5, 0.6) is 0 Å². The molecule has 0 saturated heterocycles. The first kappa shape index (κ1) is 19.0. The normalized spacial score (nSPS) is 11.5. The monoisotopic (exact) mass is 380 g/mol. The van der Waals surface area contributed by atoms with E-state index in [-0.39, 0.29) is 22.6 Å². The van der Waals surface area contributed by atoms with Gasteiger partial charge in [-0.25, -0.2) is 8.78 Å². The average molecular weight is 381 g/mol. The van der Waals surface area contributed by atoms with Crippen LogP contribution in [-0.4, -0.2) is 46.8 Å². The van der Waals surface area contributed by atoms with Gasteiger partial charge in [-0.3, -0.25) is 9.48 Å². The van der Waals surface area contributed by atoms with Crippen molar-refractivity contribution in [3.63, 3.8) is 0 Å². The standard InChI is InChI=1S/C14H23BrF2N4O/c1-4-20(5-2)8-6-7-18-11(22)9-21-10(3)12(15)13(19-21)14(16)17/h14H,4-9H2,1-3H3,(H,18,22). The van der Waals surface area contributed by atoms with E-state index in [0.29, 0.717) is 12.2 Å². The van der Waals surface area contributed by atoms with Gasteiger partial charge in [0.05, 0.1) is 10.2 Å². The van der Waals surface area contributed by atoms with Crippen molar-refractivity contribution in [3.8, 4) is 0 Å². The molecule has 0 unspecified atom stereocenters. The van der Waals surface area contributed by atoms with Crippen LogP contribution in [0.1, 0.15) is 38.1 Å². The first-order chi connectivity index (χ1) is 10.4. The van der Waals surface area contributed by atoms with E-state index in [4.69, 9.17) is 0 Å². The fourth-order valence-electron chi connectivity index (χ4n) is 2.10. The highest BCUT2D eigenvalue weighted by Crippen LogP contribution is 2.28. The van der Waals surface area contributed by atoms with Crippen molar-refractivity contribution < 1.29 is 13.6 Å². The minimum Gasteiger partial charge on any atom is -0.354 e. The molecule has 0 aliphatic heterocycles. The first-order valence-electron chi connectivity index (χ1n) is 7.40. The number of alkyl halides is 2. The summed E-state index contributed by atoms with van der Waals surface area (Å²) in [5.41, 5.74) is 0.195. The zero-order chi connectivity index (χ0) is 16.7. The van der Waals surface area contributed by atoms with Gasteiger partial charge in [0.1, 0.15) is 12.2 Å². The third kappa shape index (κ3) is 5.31.